The predicted molar refractivity (Wildman–Crippen MR) is 89.2 cm³/mol. The molecule has 30 heavy (non-hydrogen) atoms. The molecule has 3 rings (SSSR count). The first kappa shape index (κ1) is 21.2. The molecule has 1 heterocycles. The third kappa shape index (κ3) is 3.45. The quantitative estimate of drug-likeness (QED) is 0.142. The molecule has 0 fully saturated rings. The van der Waals surface area contributed by atoms with Gasteiger partial charge in [0.25, 0.3) is 5.75 Å². The van der Waals surface area contributed by atoms with E-state index in [4.69, 9.17) is 4.42 Å². The SMILES string of the molecule is O=Cc1c(-c2ccc(F)cc2)oc2cc([N+](=O)[O-])c(OS(=O)(=O)C(F)(F)F)c(F)c12. The second-order valence-corrected chi connectivity index (χ2v) is 7.16. The van der Waals surface area contributed by atoms with E-state index in [2.05, 4.69) is 4.18 Å². The molecule has 0 N–H and O–H groups in total. The van der Waals surface area contributed by atoms with Crippen molar-refractivity contribution in [1.29, 1.82) is 0 Å². The van der Waals surface area contributed by atoms with Crippen LogP contribution in [0.4, 0.5) is 27.6 Å². The van der Waals surface area contributed by atoms with Crippen molar-refractivity contribution in [2.24, 2.45) is 0 Å². The molecule has 0 amide bonds. The molecule has 1 aromatic heterocycles. The highest BCUT2D eigenvalue weighted by molar-refractivity contribution is 7.88. The van der Waals surface area contributed by atoms with Gasteiger partial charge < -0.3 is 8.60 Å². The molecule has 0 unspecified atom stereocenters. The van der Waals surface area contributed by atoms with Crippen molar-refractivity contribution >= 4 is 33.1 Å². The van der Waals surface area contributed by atoms with Gasteiger partial charge >= 0.3 is 21.3 Å². The van der Waals surface area contributed by atoms with Crippen LogP contribution in [0.5, 0.6) is 5.75 Å². The first-order valence-corrected chi connectivity index (χ1v) is 8.93. The van der Waals surface area contributed by atoms with E-state index in [1.807, 2.05) is 0 Å². The summed E-state index contributed by atoms with van der Waals surface area (Å²) in [6.45, 7) is 0. The van der Waals surface area contributed by atoms with E-state index < -0.39 is 60.2 Å². The van der Waals surface area contributed by atoms with E-state index in [9.17, 15) is 45.3 Å². The highest BCUT2D eigenvalue weighted by atomic mass is 32.2. The van der Waals surface area contributed by atoms with Crippen molar-refractivity contribution in [3.63, 3.8) is 0 Å². The minimum absolute atomic E-state index is 0.0292. The van der Waals surface area contributed by atoms with Crippen molar-refractivity contribution in [2.45, 2.75) is 5.51 Å². The smallest absolute Gasteiger partial charge is 0.455 e. The largest absolute Gasteiger partial charge is 0.534 e. The van der Waals surface area contributed by atoms with Gasteiger partial charge in [-0.25, -0.2) is 8.78 Å². The van der Waals surface area contributed by atoms with Crippen molar-refractivity contribution in [1.82, 2.24) is 0 Å². The fraction of sp³-hybridized carbons (Fsp3) is 0.0625. The zero-order valence-electron chi connectivity index (χ0n) is 14.1. The Morgan fingerprint density at radius 3 is 2.23 bits per heavy atom. The molecule has 0 aliphatic rings. The summed E-state index contributed by atoms with van der Waals surface area (Å²) in [4.78, 5) is 21.2. The van der Waals surface area contributed by atoms with E-state index in [0.29, 0.717) is 6.07 Å². The number of rotatable bonds is 5. The second kappa shape index (κ2) is 7.05. The van der Waals surface area contributed by atoms with Gasteiger partial charge in [-0.3, -0.25) is 14.9 Å². The van der Waals surface area contributed by atoms with Crippen LogP contribution in [0, 0.1) is 21.7 Å². The summed E-state index contributed by atoms with van der Waals surface area (Å²) in [5.41, 5.74) is -8.74. The standard InChI is InChI=1S/C16H6F5NO7S/c17-8-3-1-7(2-4-8)14-9(6-23)12-11(28-14)5-10(22(24)25)15(13(12)18)29-30(26,27)16(19,20)21/h1-6H. The highest BCUT2D eigenvalue weighted by Gasteiger charge is 2.50. The van der Waals surface area contributed by atoms with Crippen LogP contribution in [0.25, 0.3) is 22.3 Å². The maximum absolute atomic E-state index is 14.9. The second-order valence-electron chi connectivity index (χ2n) is 5.62. The number of nitro groups is 1. The predicted octanol–water partition coefficient (Wildman–Crippen LogP) is 4.33. The molecule has 0 bridgehead atoms. The molecule has 8 nitrogen and oxygen atoms in total. The molecule has 0 saturated heterocycles. The lowest BCUT2D eigenvalue weighted by molar-refractivity contribution is -0.385. The molecule has 0 saturated carbocycles. The van der Waals surface area contributed by atoms with Gasteiger partial charge in [0.05, 0.1) is 21.9 Å². The lowest BCUT2D eigenvalue weighted by Gasteiger charge is -2.10. The highest BCUT2D eigenvalue weighted by Crippen LogP contribution is 2.43. The van der Waals surface area contributed by atoms with E-state index in [0.717, 1.165) is 24.3 Å². The fourth-order valence-electron chi connectivity index (χ4n) is 2.51. The Morgan fingerprint density at radius 2 is 1.73 bits per heavy atom. The van der Waals surface area contributed by atoms with Crippen LogP contribution in [0.15, 0.2) is 34.7 Å². The Bertz CT molecular complexity index is 1280. The minimum atomic E-state index is -6.47. The summed E-state index contributed by atoms with van der Waals surface area (Å²) in [6.07, 6.45) is 0.0292. The van der Waals surface area contributed by atoms with Crippen molar-refractivity contribution in [3.8, 4) is 17.1 Å². The Hall–Kier alpha value is -3.55. The van der Waals surface area contributed by atoms with Crippen molar-refractivity contribution < 1.29 is 48.7 Å². The lowest BCUT2D eigenvalue weighted by Crippen LogP contribution is -2.28. The molecule has 0 atom stereocenters. The van der Waals surface area contributed by atoms with Crippen LogP contribution >= 0.6 is 0 Å². The summed E-state index contributed by atoms with van der Waals surface area (Å²) in [5, 5.41) is 10.3. The molecule has 0 radical (unpaired) electrons. The number of furan rings is 1. The number of alkyl halides is 3. The van der Waals surface area contributed by atoms with Gasteiger partial charge in [-0.1, -0.05) is 0 Å². The first-order chi connectivity index (χ1) is 13.9. The third-order valence-corrected chi connectivity index (χ3v) is 4.74. The number of nitro benzene ring substituents is 1. The zero-order valence-corrected chi connectivity index (χ0v) is 14.9. The molecular formula is C16H6F5NO7S. The Morgan fingerprint density at radius 1 is 1.13 bits per heavy atom. The molecular weight excluding hydrogens is 445 g/mol. The average Bonchev–Trinajstić information content (AvgIpc) is 3.02. The van der Waals surface area contributed by atoms with Crippen LogP contribution in [-0.4, -0.2) is 25.1 Å². The molecule has 0 aliphatic carbocycles. The molecule has 158 valence electrons. The van der Waals surface area contributed by atoms with Crippen molar-refractivity contribution in [3.05, 3.63) is 57.6 Å². The number of nitrogens with zero attached hydrogens (tertiary/aromatic N) is 1. The van der Waals surface area contributed by atoms with E-state index >= 15 is 0 Å². The van der Waals surface area contributed by atoms with Crippen LogP contribution < -0.4 is 4.18 Å². The van der Waals surface area contributed by atoms with Gasteiger partial charge in [-0.2, -0.15) is 21.6 Å². The number of benzene rings is 2. The normalized spacial score (nSPS) is 12.2. The van der Waals surface area contributed by atoms with Crippen LogP contribution in [0.1, 0.15) is 10.4 Å². The maximum Gasteiger partial charge on any atom is 0.534 e. The number of fused-ring (bicyclic) bond motifs is 1. The van der Waals surface area contributed by atoms with E-state index in [1.165, 1.54) is 0 Å². The Kier molecular flexibility index (Phi) is 4.97. The van der Waals surface area contributed by atoms with E-state index in [1.54, 1.807) is 0 Å². The molecule has 0 spiro atoms. The summed E-state index contributed by atoms with van der Waals surface area (Å²) < 4.78 is 97.1. The van der Waals surface area contributed by atoms with Crippen LogP contribution in [0.2, 0.25) is 0 Å². The van der Waals surface area contributed by atoms with Gasteiger partial charge in [0.1, 0.15) is 17.2 Å². The topological polar surface area (TPSA) is 117 Å². The Labute approximate surface area is 162 Å². The van der Waals surface area contributed by atoms with Gasteiger partial charge in [-0.05, 0) is 24.3 Å². The van der Waals surface area contributed by atoms with Crippen LogP contribution in [0.3, 0.4) is 0 Å². The summed E-state index contributed by atoms with van der Waals surface area (Å²) >= 11 is 0. The maximum atomic E-state index is 14.9. The van der Waals surface area contributed by atoms with Gasteiger partial charge in [-0.15, -0.1) is 0 Å². The van der Waals surface area contributed by atoms with Gasteiger partial charge in [0.15, 0.2) is 12.1 Å². The molecule has 0 aliphatic heterocycles. The summed E-state index contributed by atoms with van der Waals surface area (Å²) in [5.74, 6) is -4.87. The van der Waals surface area contributed by atoms with Gasteiger partial charge in [0, 0.05) is 5.56 Å². The molecule has 14 heteroatoms. The average molecular weight is 451 g/mol. The van der Waals surface area contributed by atoms with E-state index in [-0.39, 0.29) is 17.6 Å². The number of carbonyl (C=O) groups is 1. The lowest BCUT2D eigenvalue weighted by atomic mass is 10.1. The third-order valence-electron chi connectivity index (χ3n) is 3.79. The summed E-state index contributed by atoms with van der Waals surface area (Å²) in [7, 11) is -6.47. The number of carbonyl (C=O) groups excluding carboxylic acids is 1. The van der Waals surface area contributed by atoms with Crippen LogP contribution in [-0.2, 0) is 10.1 Å². The monoisotopic (exact) mass is 451 g/mol. The van der Waals surface area contributed by atoms with Gasteiger partial charge in [0.2, 0.25) is 0 Å². The molecule has 2 aromatic carbocycles. The number of hydrogen-bond acceptors (Lipinski definition) is 7. The summed E-state index contributed by atoms with van der Waals surface area (Å²) in [6, 6.07) is 4.57. The first-order valence-electron chi connectivity index (χ1n) is 7.52. The Balaban J connectivity index is 2.34. The zero-order chi connectivity index (χ0) is 22.4. The number of hydrogen-bond donors (Lipinski definition) is 0. The number of aldehydes is 1. The molecule has 3 aromatic rings. The minimum Gasteiger partial charge on any atom is -0.455 e. The number of halogens is 5. The fourth-order valence-corrected chi connectivity index (χ4v) is 2.98. The van der Waals surface area contributed by atoms with Crippen molar-refractivity contribution in [2.75, 3.05) is 0 Å².